The highest BCUT2D eigenvalue weighted by molar-refractivity contribution is 5.81. The summed E-state index contributed by atoms with van der Waals surface area (Å²) in [5, 5.41) is 7.12. The van der Waals surface area contributed by atoms with Crippen LogP contribution in [0.25, 0.3) is 0 Å². The Balaban J connectivity index is 0.000000339. The average molecular weight is 445 g/mol. The second-order valence-corrected chi connectivity index (χ2v) is 7.63. The van der Waals surface area contributed by atoms with Crippen LogP contribution in [0.3, 0.4) is 0 Å². The van der Waals surface area contributed by atoms with Crippen molar-refractivity contribution in [3.8, 4) is 0 Å². The van der Waals surface area contributed by atoms with E-state index in [1.54, 1.807) is 0 Å². The molecule has 3 saturated heterocycles. The Morgan fingerprint density at radius 1 is 1.13 bits per heavy atom. The van der Waals surface area contributed by atoms with Gasteiger partial charge in [-0.3, -0.25) is 14.7 Å². The van der Waals surface area contributed by atoms with E-state index in [9.17, 15) is 18.0 Å². The van der Waals surface area contributed by atoms with E-state index in [1.165, 1.54) is 0 Å². The van der Waals surface area contributed by atoms with Crippen LogP contribution in [0, 0.1) is 0 Å². The lowest BCUT2D eigenvalue weighted by Gasteiger charge is -2.38. The van der Waals surface area contributed by atoms with Gasteiger partial charge in [0.1, 0.15) is 6.10 Å². The molecular weight excluding hydrogens is 419 g/mol. The van der Waals surface area contributed by atoms with E-state index >= 15 is 0 Å². The van der Waals surface area contributed by atoms with Crippen LogP contribution in [0.2, 0.25) is 0 Å². The number of nitrogens with zero attached hydrogens (tertiary/aromatic N) is 3. The van der Waals surface area contributed by atoms with Crippen molar-refractivity contribution < 1.29 is 37.3 Å². The third-order valence-corrected chi connectivity index (χ3v) is 5.59. The molecule has 3 aliphatic heterocycles. The minimum atomic E-state index is -5.08. The summed E-state index contributed by atoms with van der Waals surface area (Å²) < 4.78 is 43.3. The zero-order valence-corrected chi connectivity index (χ0v) is 17.0. The summed E-state index contributed by atoms with van der Waals surface area (Å²) >= 11 is 0. The molecule has 31 heavy (non-hydrogen) atoms. The number of carboxylic acids is 1. The molecule has 1 aromatic rings. The summed E-state index contributed by atoms with van der Waals surface area (Å²) in [6.45, 7) is 4.56. The second-order valence-electron chi connectivity index (χ2n) is 7.63. The number of fused-ring (bicyclic) bond motifs is 1. The molecule has 11 heteroatoms. The molecular formula is C20H26F3N3O5. The topological polar surface area (TPSA) is 92.2 Å². The Morgan fingerprint density at radius 2 is 1.84 bits per heavy atom. The summed E-state index contributed by atoms with van der Waals surface area (Å²) in [6, 6.07) is 6.47. The molecule has 4 heterocycles. The minimum Gasteiger partial charge on any atom is -0.475 e. The smallest absolute Gasteiger partial charge is 0.475 e. The molecule has 0 spiro atoms. The van der Waals surface area contributed by atoms with E-state index in [0.717, 1.165) is 38.0 Å². The molecule has 172 valence electrons. The lowest BCUT2D eigenvalue weighted by atomic mass is 9.98. The van der Waals surface area contributed by atoms with Crippen LogP contribution >= 0.6 is 0 Å². The summed E-state index contributed by atoms with van der Waals surface area (Å²) in [4.78, 5) is 30.3. The van der Waals surface area contributed by atoms with Gasteiger partial charge in [-0.25, -0.2) is 4.79 Å². The van der Waals surface area contributed by atoms with Crippen LogP contribution in [-0.4, -0.2) is 89.0 Å². The zero-order chi connectivity index (χ0) is 22.4. The number of hydrogen-bond acceptors (Lipinski definition) is 6. The highest BCUT2D eigenvalue weighted by Gasteiger charge is 2.42. The van der Waals surface area contributed by atoms with Crippen molar-refractivity contribution in [2.45, 2.75) is 50.2 Å². The SMILES string of the molecule is O=C(O)C(F)(F)F.O=C([C@H]1CC[C@@H]2[C@@H](CCN2Cc2ccccn2)O1)N1CCOCC1. The normalized spacial score (nSPS) is 26.5. The number of aliphatic carboxylic acids is 1. The largest absolute Gasteiger partial charge is 0.490 e. The first kappa shape index (κ1) is 23.4. The van der Waals surface area contributed by atoms with Gasteiger partial charge in [0.15, 0.2) is 0 Å². The molecule has 0 saturated carbocycles. The maximum absolute atomic E-state index is 12.6. The molecule has 0 unspecified atom stereocenters. The second kappa shape index (κ2) is 10.4. The monoisotopic (exact) mass is 445 g/mol. The van der Waals surface area contributed by atoms with Crippen LogP contribution < -0.4 is 0 Å². The van der Waals surface area contributed by atoms with E-state index in [1.807, 2.05) is 23.2 Å². The number of aromatic nitrogens is 1. The van der Waals surface area contributed by atoms with Crippen molar-refractivity contribution in [3.63, 3.8) is 0 Å². The minimum absolute atomic E-state index is 0.153. The maximum atomic E-state index is 12.6. The van der Waals surface area contributed by atoms with Gasteiger partial charge in [0, 0.05) is 38.4 Å². The fourth-order valence-electron chi connectivity index (χ4n) is 4.08. The van der Waals surface area contributed by atoms with Crippen molar-refractivity contribution in [3.05, 3.63) is 30.1 Å². The number of carbonyl (C=O) groups is 2. The highest BCUT2D eigenvalue weighted by atomic mass is 19.4. The van der Waals surface area contributed by atoms with Gasteiger partial charge in [-0.15, -0.1) is 0 Å². The van der Waals surface area contributed by atoms with Gasteiger partial charge in [-0.1, -0.05) is 6.07 Å². The average Bonchev–Trinajstić information content (AvgIpc) is 3.16. The standard InChI is InChI=1S/C18H25N3O3.C2HF3O2/c22-18(20-9-11-23-12-10-20)17-5-4-15-16(24-17)6-8-21(15)13-14-3-1-2-7-19-14;3-2(4,5)1(6)7/h1-3,7,15-17H,4-6,8-13H2;(H,6,7)/t15-,16-,17-;/m1./s1. The van der Waals surface area contributed by atoms with Crippen molar-refractivity contribution in [1.29, 1.82) is 0 Å². The van der Waals surface area contributed by atoms with Crippen molar-refractivity contribution in [2.75, 3.05) is 32.8 Å². The molecule has 8 nitrogen and oxygen atoms in total. The molecule has 0 aliphatic carbocycles. The number of rotatable bonds is 3. The Bertz CT molecular complexity index is 743. The predicted molar refractivity (Wildman–Crippen MR) is 102 cm³/mol. The molecule has 1 N–H and O–H groups in total. The third-order valence-electron chi connectivity index (χ3n) is 5.59. The number of ether oxygens (including phenoxy) is 2. The molecule has 4 rings (SSSR count). The van der Waals surface area contributed by atoms with Crippen LogP contribution in [0.5, 0.6) is 0 Å². The number of carboxylic acid groups (broad SMARTS) is 1. The highest BCUT2D eigenvalue weighted by Crippen LogP contribution is 2.33. The van der Waals surface area contributed by atoms with Crippen LogP contribution in [0.1, 0.15) is 25.0 Å². The van der Waals surface area contributed by atoms with E-state index in [0.29, 0.717) is 32.3 Å². The number of morpholine rings is 1. The number of carbonyl (C=O) groups excluding carboxylic acids is 1. The molecule has 3 aliphatic rings. The van der Waals surface area contributed by atoms with Crippen molar-refractivity contribution >= 4 is 11.9 Å². The molecule has 3 fully saturated rings. The number of hydrogen-bond donors (Lipinski definition) is 1. The molecule has 0 aromatic carbocycles. The van der Waals surface area contributed by atoms with Crippen LogP contribution in [0.15, 0.2) is 24.4 Å². The van der Waals surface area contributed by atoms with Gasteiger partial charge in [-0.05, 0) is 31.4 Å². The first-order valence-electron chi connectivity index (χ1n) is 10.2. The molecule has 3 atom stereocenters. The number of pyridine rings is 1. The zero-order valence-electron chi connectivity index (χ0n) is 17.0. The van der Waals surface area contributed by atoms with Crippen molar-refractivity contribution in [2.24, 2.45) is 0 Å². The Kier molecular flexibility index (Phi) is 7.84. The first-order chi connectivity index (χ1) is 14.8. The van der Waals surface area contributed by atoms with Gasteiger partial charge in [0.05, 0.1) is 25.0 Å². The number of alkyl halides is 3. The maximum Gasteiger partial charge on any atom is 0.490 e. The third kappa shape index (κ3) is 6.37. The van der Waals surface area contributed by atoms with Crippen LogP contribution in [-0.2, 0) is 25.6 Å². The van der Waals surface area contributed by atoms with Crippen LogP contribution in [0.4, 0.5) is 13.2 Å². The summed E-state index contributed by atoms with van der Waals surface area (Å²) in [6.07, 6.45) is -0.479. The van der Waals surface area contributed by atoms with Gasteiger partial charge in [-0.2, -0.15) is 13.2 Å². The Labute approximate surface area is 177 Å². The van der Waals surface area contributed by atoms with Gasteiger partial charge >= 0.3 is 12.1 Å². The number of likely N-dealkylation sites (tertiary alicyclic amines) is 1. The number of halogens is 3. The summed E-state index contributed by atoms with van der Waals surface area (Å²) in [5.41, 5.74) is 1.10. The molecule has 0 bridgehead atoms. The fraction of sp³-hybridized carbons (Fsp3) is 0.650. The fourth-order valence-corrected chi connectivity index (χ4v) is 4.08. The predicted octanol–water partition coefficient (Wildman–Crippen LogP) is 1.70. The van der Waals surface area contributed by atoms with Gasteiger partial charge in [0.2, 0.25) is 0 Å². The van der Waals surface area contributed by atoms with E-state index in [2.05, 4.69) is 16.0 Å². The number of amides is 1. The Morgan fingerprint density at radius 3 is 2.45 bits per heavy atom. The first-order valence-corrected chi connectivity index (χ1v) is 10.2. The van der Waals surface area contributed by atoms with Gasteiger partial charge < -0.3 is 19.5 Å². The van der Waals surface area contributed by atoms with E-state index in [-0.39, 0.29) is 18.1 Å². The van der Waals surface area contributed by atoms with E-state index in [4.69, 9.17) is 19.4 Å². The molecule has 1 aromatic heterocycles. The molecule has 1 amide bonds. The lowest BCUT2D eigenvalue weighted by Crippen LogP contribution is -2.51. The van der Waals surface area contributed by atoms with Crippen molar-refractivity contribution in [1.82, 2.24) is 14.8 Å². The summed E-state index contributed by atoms with van der Waals surface area (Å²) in [7, 11) is 0. The quantitative estimate of drug-likeness (QED) is 0.757. The van der Waals surface area contributed by atoms with Gasteiger partial charge in [0.25, 0.3) is 5.91 Å². The lowest BCUT2D eigenvalue weighted by molar-refractivity contribution is -0.192. The van der Waals surface area contributed by atoms with E-state index < -0.39 is 12.1 Å². The molecule has 0 radical (unpaired) electrons. The summed E-state index contributed by atoms with van der Waals surface area (Å²) in [5.74, 6) is -2.60. The Hall–Kier alpha value is -2.24.